The van der Waals surface area contributed by atoms with Crippen molar-refractivity contribution in [3.63, 3.8) is 0 Å². The summed E-state index contributed by atoms with van der Waals surface area (Å²) in [6.45, 7) is 5.91. The van der Waals surface area contributed by atoms with Crippen LogP contribution in [0.25, 0.3) is 0 Å². The highest BCUT2D eigenvalue weighted by molar-refractivity contribution is 5.33. The molecule has 1 atom stereocenters. The fourth-order valence-corrected chi connectivity index (χ4v) is 2.04. The minimum Gasteiger partial charge on any atom is -0.339 e. The van der Waals surface area contributed by atoms with Crippen molar-refractivity contribution in [2.75, 3.05) is 18.0 Å². The van der Waals surface area contributed by atoms with E-state index in [-0.39, 0.29) is 6.04 Å². The first-order valence-corrected chi connectivity index (χ1v) is 5.48. The van der Waals surface area contributed by atoms with Crippen LogP contribution in [0, 0.1) is 13.8 Å². The van der Waals surface area contributed by atoms with Crippen LogP contribution in [0.15, 0.2) is 6.07 Å². The van der Waals surface area contributed by atoms with E-state index in [1.54, 1.807) is 0 Å². The molecule has 0 bridgehead atoms. The number of hydrogen-bond donors (Lipinski definition) is 1. The quantitative estimate of drug-likeness (QED) is 0.745. The SMILES string of the molecule is Cc1cc(C)nc(N2CCC[C@H](N)C2)n1. The molecule has 1 aliphatic rings. The van der Waals surface area contributed by atoms with Crippen LogP contribution in [-0.2, 0) is 0 Å². The van der Waals surface area contributed by atoms with Crippen LogP contribution in [0.5, 0.6) is 0 Å². The third-order valence-corrected chi connectivity index (χ3v) is 2.71. The standard InChI is InChI=1S/C11H18N4/c1-8-6-9(2)14-11(13-8)15-5-3-4-10(12)7-15/h6,10H,3-5,7,12H2,1-2H3/t10-/m0/s1. The Morgan fingerprint density at radius 1 is 1.33 bits per heavy atom. The van der Waals surface area contributed by atoms with Crippen molar-refractivity contribution in [2.45, 2.75) is 32.7 Å². The fourth-order valence-electron chi connectivity index (χ4n) is 2.04. The van der Waals surface area contributed by atoms with Gasteiger partial charge >= 0.3 is 0 Å². The van der Waals surface area contributed by atoms with Crippen LogP contribution in [0.3, 0.4) is 0 Å². The molecule has 0 amide bonds. The molecule has 2 rings (SSSR count). The van der Waals surface area contributed by atoms with Gasteiger partial charge in [0.05, 0.1) is 0 Å². The van der Waals surface area contributed by atoms with Gasteiger partial charge in [-0.2, -0.15) is 0 Å². The van der Waals surface area contributed by atoms with E-state index >= 15 is 0 Å². The normalized spacial score (nSPS) is 21.8. The molecule has 1 saturated heterocycles. The lowest BCUT2D eigenvalue weighted by Crippen LogP contribution is -2.43. The minimum atomic E-state index is 0.267. The van der Waals surface area contributed by atoms with Crippen LogP contribution in [0.4, 0.5) is 5.95 Å². The molecule has 0 saturated carbocycles. The summed E-state index contributed by atoms with van der Waals surface area (Å²) in [5.74, 6) is 0.836. The van der Waals surface area contributed by atoms with Crippen molar-refractivity contribution in [3.8, 4) is 0 Å². The van der Waals surface area contributed by atoms with Gasteiger partial charge in [0.1, 0.15) is 0 Å². The molecular formula is C11H18N4. The first-order chi connectivity index (χ1) is 7.15. The lowest BCUT2D eigenvalue weighted by atomic mass is 10.1. The second-order valence-corrected chi connectivity index (χ2v) is 4.30. The zero-order chi connectivity index (χ0) is 10.8. The molecular weight excluding hydrogens is 188 g/mol. The molecule has 0 aliphatic carbocycles. The molecule has 82 valence electrons. The van der Waals surface area contributed by atoms with Crippen molar-refractivity contribution >= 4 is 5.95 Å². The van der Waals surface area contributed by atoms with Crippen molar-refractivity contribution in [1.29, 1.82) is 0 Å². The van der Waals surface area contributed by atoms with Gasteiger partial charge in [0.25, 0.3) is 0 Å². The Bertz CT molecular complexity index is 330. The van der Waals surface area contributed by atoms with Crippen molar-refractivity contribution in [3.05, 3.63) is 17.5 Å². The van der Waals surface area contributed by atoms with E-state index in [1.807, 2.05) is 19.9 Å². The molecule has 4 nitrogen and oxygen atoms in total. The minimum absolute atomic E-state index is 0.267. The Balaban J connectivity index is 2.20. The number of aromatic nitrogens is 2. The summed E-state index contributed by atoms with van der Waals surface area (Å²) in [4.78, 5) is 11.1. The summed E-state index contributed by atoms with van der Waals surface area (Å²) in [5, 5.41) is 0. The lowest BCUT2D eigenvalue weighted by Gasteiger charge is -2.30. The zero-order valence-corrected chi connectivity index (χ0v) is 9.40. The van der Waals surface area contributed by atoms with E-state index in [0.717, 1.165) is 43.3 Å². The maximum Gasteiger partial charge on any atom is 0.225 e. The topological polar surface area (TPSA) is 55.0 Å². The first kappa shape index (κ1) is 10.4. The predicted octanol–water partition coefficient (Wildman–Crippen LogP) is 1.02. The monoisotopic (exact) mass is 206 g/mol. The van der Waals surface area contributed by atoms with Crippen LogP contribution in [0.1, 0.15) is 24.2 Å². The highest BCUT2D eigenvalue weighted by Gasteiger charge is 2.18. The Morgan fingerprint density at radius 2 is 2.00 bits per heavy atom. The fraction of sp³-hybridized carbons (Fsp3) is 0.636. The summed E-state index contributed by atoms with van der Waals surface area (Å²) in [6.07, 6.45) is 2.25. The summed E-state index contributed by atoms with van der Waals surface area (Å²) in [5.41, 5.74) is 7.99. The molecule has 0 aromatic carbocycles. The molecule has 0 spiro atoms. The number of nitrogens with zero attached hydrogens (tertiary/aromatic N) is 3. The largest absolute Gasteiger partial charge is 0.339 e. The van der Waals surface area contributed by atoms with Gasteiger partial charge in [-0.05, 0) is 32.8 Å². The summed E-state index contributed by atoms with van der Waals surface area (Å²) in [6, 6.07) is 2.26. The van der Waals surface area contributed by atoms with Gasteiger partial charge in [0.2, 0.25) is 5.95 Å². The molecule has 2 heterocycles. The van der Waals surface area contributed by atoms with Crippen molar-refractivity contribution < 1.29 is 0 Å². The van der Waals surface area contributed by atoms with E-state index < -0.39 is 0 Å². The summed E-state index contributed by atoms with van der Waals surface area (Å²) in [7, 11) is 0. The van der Waals surface area contributed by atoms with Gasteiger partial charge < -0.3 is 10.6 Å². The first-order valence-electron chi connectivity index (χ1n) is 5.48. The van der Waals surface area contributed by atoms with E-state index in [1.165, 1.54) is 0 Å². The molecule has 0 unspecified atom stereocenters. The van der Waals surface area contributed by atoms with Gasteiger partial charge in [-0.1, -0.05) is 0 Å². The number of piperidine rings is 1. The Labute approximate surface area is 90.5 Å². The number of aryl methyl sites for hydroxylation is 2. The van der Waals surface area contributed by atoms with Gasteiger partial charge in [-0.25, -0.2) is 9.97 Å². The highest BCUT2D eigenvalue weighted by atomic mass is 15.3. The van der Waals surface area contributed by atoms with Crippen molar-refractivity contribution in [2.24, 2.45) is 5.73 Å². The van der Waals surface area contributed by atoms with Crippen LogP contribution in [0.2, 0.25) is 0 Å². The number of rotatable bonds is 1. The van der Waals surface area contributed by atoms with Crippen LogP contribution in [-0.4, -0.2) is 29.1 Å². The average molecular weight is 206 g/mol. The molecule has 15 heavy (non-hydrogen) atoms. The van der Waals surface area contributed by atoms with E-state index in [2.05, 4.69) is 14.9 Å². The Kier molecular flexibility index (Phi) is 2.86. The highest BCUT2D eigenvalue weighted by Crippen LogP contribution is 2.15. The van der Waals surface area contributed by atoms with Crippen molar-refractivity contribution in [1.82, 2.24) is 9.97 Å². The summed E-state index contributed by atoms with van der Waals surface area (Å²) >= 11 is 0. The van der Waals surface area contributed by atoms with Crippen LogP contribution < -0.4 is 10.6 Å². The Hall–Kier alpha value is -1.16. The molecule has 1 aromatic heterocycles. The van der Waals surface area contributed by atoms with Gasteiger partial charge in [-0.3, -0.25) is 0 Å². The maximum atomic E-state index is 5.94. The third kappa shape index (κ3) is 2.45. The maximum absolute atomic E-state index is 5.94. The van der Waals surface area contributed by atoms with Crippen LogP contribution >= 0.6 is 0 Å². The molecule has 1 aliphatic heterocycles. The van der Waals surface area contributed by atoms with E-state index in [9.17, 15) is 0 Å². The molecule has 1 aromatic rings. The zero-order valence-electron chi connectivity index (χ0n) is 9.40. The van der Waals surface area contributed by atoms with Gasteiger partial charge in [-0.15, -0.1) is 0 Å². The number of nitrogens with two attached hydrogens (primary N) is 1. The smallest absolute Gasteiger partial charge is 0.225 e. The van der Waals surface area contributed by atoms with E-state index in [0.29, 0.717) is 0 Å². The number of hydrogen-bond acceptors (Lipinski definition) is 4. The Morgan fingerprint density at radius 3 is 2.60 bits per heavy atom. The molecule has 2 N–H and O–H groups in total. The summed E-state index contributed by atoms with van der Waals surface area (Å²) < 4.78 is 0. The number of anilines is 1. The molecule has 1 fully saturated rings. The van der Waals surface area contributed by atoms with Gasteiger partial charge in [0, 0.05) is 30.5 Å². The average Bonchev–Trinajstić information content (AvgIpc) is 2.16. The molecule has 0 radical (unpaired) electrons. The molecule has 4 heteroatoms. The second kappa shape index (κ2) is 4.14. The van der Waals surface area contributed by atoms with E-state index in [4.69, 9.17) is 5.73 Å². The lowest BCUT2D eigenvalue weighted by molar-refractivity contribution is 0.499. The third-order valence-electron chi connectivity index (χ3n) is 2.71. The second-order valence-electron chi connectivity index (χ2n) is 4.30. The predicted molar refractivity (Wildman–Crippen MR) is 60.9 cm³/mol. The van der Waals surface area contributed by atoms with Gasteiger partial charge in [0.15, 0.2) is 0 Å².